The minimum Gasteiger partial charge on any atom is -0.445 e. The summed E-state index contributed by atoms with van der Waals surface area (Å²) in [7, 11) is 0. The van der Waals surface area contributed by atoms with Crippen LogP contribution < -0.4 is 0 Å². The molecule has 0 spiro atoms. The molecule has 0 aromatic heterocycles. The van der Waals surface area contributed by atoms with E-state index in [1.54, 1.807) is 0 Å². The Kier molecular flexibility index (Phi) is 15.7. The van der Waals surface area contributed by atoms with Gasteiger partial charge in [0.1, 0.15) is 6.61 Å². The first-order valence-electron chi connectivity index (χ1n) is 14.1. The molecule has 6 heteroatoms. The number of aliphatic hydroxyl groups excluding tert-OH is 1. The molecular weight excluding hydrogens is 440 g/mol. The summed E-state index contributed by atoms with van der Waals surface area (Å²) >= 11 is 0. The summed E-state index contributed by atoms with van der Waals surface area (Å²) in [5, 5.41) is 9.07. The van der Waals surface area contributed by atoms with E-state index in [0.29, 0.717) is 12.7 Å². The summed E-state index contributed by atoms with van der Waals surface area (Å²) in [6, 6.07) is 10.2. The lowest BCUT2D eigenvalue weighted by molar-refractivity contribution is 0.00301. The van der Waals surface area contributed by atoms with Crippen LogP contribution in [-0.2, 0) is 16.1 Å². The third-order valence-corrected chi connectivity index (χ3v) is 7.11. The number of benzene rings is 1. The lowest BCUT2D eigenvalue weighted by Crippen LogP contribution is -2.44. The molecule has 0 heterocycles. The van der Waals surface area contributed by atoms with Gasteiger partial charge in [-0.2, -0.15) is 0 Å². The Labute approximate surface area is 214 Å². The molecule has 35 heavy (non-hydrogen) atoms. The molecule has 0 unspecified atom stereocenters. The Morgan fingerprint density at radius 2 is 1.63 bits per heavy atom. The molecule has 1 aromatic rings. The molecule has 1 aliphatic rings. The number of unbranched alkanes of at least 4 members (excludes halogenated alkanes) is 5. The first kappa shape index (κ1) is 29.6. The third-order valence-electron chi connectivity index (χ3n) is 7.11. The van der Waals surface area contributed by atoms with E-state index < -0.39 is 0 Å². The van der Waals surface area contributed by atoms with Crippen LogP contribution in [0.1, 0.15) is 90.0 Å². The molecule has 6 nitrogen and oxygen atoms in total. The molecule has 1 fully saturated rings. The van der Waals surface area contributed by atoms with Gasteiger partial charge in [0, 0.05) is 25.7 Å². The van der Waals surface area contributed by atoms with Gasteiger partial charge in [-0.1, -0.05) is 69.9 Å². The number of likely N-dealkylation sites (N-methyl/N-ethyl adjacent to an activating group) is 1. The van der Waals surface area contributed by atoms with E-state index >= 15 is 0 Å². The van der Waals surface area contributed by atoms with Crippen LogP contribution >= 0.6 is 0 Å². The van der Waals surface area contributed by atoms with E-state index in [-0.39, 0.29) is 18.7 Å². The maximum Gasteiger partial charge on any atom is 0.410 e. The Morgan fingerprint density at radius 3 is 2.31 bits per heavy atom. The molecule has 0 radical (unpaired) electrons. The largest absolute Gasteiger partial charge is 0.445 e. The van der Waals surface area contributed by atoms with Gasteiger partial charge in [-0.15, -0.1) is 0 Å². The van der Waals surface area contributed by atoms with Gasteiger partial charge in [-0.3, -0.25) is 0 Å². The van der Waals surface area contributed by atoms with Crippen molar-refractivity contribution >= 4 is 6.09 Å². The Balaban J connectivity index is 1.65. The van der Waals surface area contributed by atoms with Crippen molar-refractivity contribution < 1.29 is 19.4 Å². The van der Waals surface area contributed by atoms with E-state index in [1.807, 2.05) is 35.2 Å². The minimum absolute atomic E-state index is 0.171. The van der Waals surface area contributed by atoms with Crippen LogP contribution in [0.3, 0.4) is 0 Å². The zero-order valence-electron chi connectivity index (χ0n) is 22.3. The molecule has 1 aromatic carbocycles. The van der Waals surface area contributed by atoms with E-state index in [0.717, 1.165) is 89.7 Å². The number of carbonyl (C=O) groups is 1. The van der Waals surface area contributed by atoms with Crippen molar-refractivity contribution in [2.75, 3.05) is 39.4 Å². The second kappa shape index (κ2) is 18.6. The molecule has 1 aliphatic carbocycles. The van der Waals surface area contributed by atoms with Crippen LogP contribution in [0.4, 0.5) is 4.79 Å². The zero-order chi connectivity index (χ0) is 25.1. The van der Waals surface area contributed by atoms with Gasteiger partial charge in [0.25, 0.3) is 0 Å². The fourth-order valence-corrected chi connectivity index (χ4v) is 4.89. The van der Waals surface area contributed by atoms with E-state index in [2.05, 4.69) is 18.7 Å². The topological polar surface area (TPSA) is 62.2 Å². The number of hydrogen-bond donors (Lipinski definition) is 1. The van der Waals surface area contributed by atoms with E-state index in [4.69, 9.17) is 14.6 Å². The summed E-state index contributed by atoms with van der Waals surface area (Å²) in [5.41, 5.74) is 1.03. The van der Waals surface area contributed by atoms with Gasteiger partial charge in [0.2, 0.25) is 0 Å². The number of amides is 1. The highest BCUT2D eigenvalue weighted by Crippen LogP contribution is 2.26. The second-order valence-electron chi connectivity index (χ2n) is 9.81. The first-order valence-corrected chi connectivity index (χ1v) is 14.1. The quantitative estimate of drug-likeness (QED) is 0.255. The number of nitrogens with zero attached hydrogens (tertiary/aromatic N) is 2. The standard InChI is InChI=1S/C29H50N2O4/c1-3-5-11-21-31(29(33)35-25-26-14-9-8-10-15-26)27-16-18-28(19-17-27)34-24-13-7-6-12-20-30(4-2)22-23-32/h8-10,14-15,27-28,32H,3-7,11-13,16-25H2,1-2H3/t27-,28-. The average molecular weight is 491 g/mol. The van der Waals surface area contributed by atoms with Crippen LogP contribution in [0.5, 0.6) is 0 Å². The van der Waals surface area contributed by atoms with E-state index in [9.17, 15) is 4.79 Å². The second-order valence-corrected chi connectivity index (χ2v) is 9.81. The highest BCUT2D eigenvalue weighted by atomic mass is 16.6. The summed E-state index contributed by atoms with van der Waals surface area (Å²) in [5.74, 6) is 0. The molecule has 0 saturated heterocycles. The lowest BCUT2D eigenvalue weighted by atomic mass is 9.91. The molecule has 1 saturated carbocycles. The number of aliphatic hydroxyl groups is 1. The van der Waals surface area contributed by atoms with Gasteiger partial charge in [0.05, 0.1) is 12.7 Å². The summed E-state index contributed by atoms with van der Waals surface area (Å²) in [4.78, 5) is 17.2. The highest BCUT2D eigenvalue weighted by molar-refractivity contribution is 5.68. The third kappa shape index (κ3) is 12.2. The van der Waals surface area contributed by atoms with Crippen LogP contribution in [0, 0.1) is 0 Å². The number of carbonyl (C=O) groups excluding carboxylic acids is 1. The minimum atomic E-state index is -0.171. The van der Waals surface area contributed by atoms with Crippen molar-refractivity contribution in [3.8, 4) is 0 Å². The van der Waals surface area contributed by atoms with Crippen LogP contribution in [0.2, 0.25) is 0 Å². The number of ether oxygens (including phenoxy) is 2. The maximum atomic E-state index is 12.9. The Morgan fingerprint density at radius 1 is 0.914 bits per heavy atom. The van der Waals surface area contributed by atoms with Crippen molar-refractivity contribution in [3.63, 3.8) is 0 Å². The van der Waals surface area contributed by atoms with E-state index in [1.165, 1.54) is 19.3 Å². The number of rotatable bonds is 18. The van der Waals surface area contributed by atoms with Crippen molar-refractivity contribution in [3.05, 3.63) is 35.9 Å². The normalized spacial score (nSPS) is 18.1. The molecule has 1 N–H and O–H groups in total. The predicted molar refractivity (Wildman–Crippen MR) is 143 cm³/mol. The molecule has 0 atom stereocenters. The molecular formula is C29H50N2O4. The fraction of sp³-hybridized carbons (Fsp3) is 0.759. The number of hydrogen-bond acceptors (Lipinski definition) is 5. The molecule has 0 bridgehead atoms. The lowest BCUT2D eigenvalue weighted by Gasteiger charge is -2.36. The monoisotopic (exact) mass is 490 g/mol. The van der Waals surface area contributed by atoms with Crippen molar-refractivity contribution in [2.24, 2.45) is 0 Å². The molecule has 0 aliphatic heterocycles. The summed E-state index contributed by atoms with van der Waals surface area (Å²) in [6.07, 6.45) is 12.2. The maximum absolute atomic E-state index is 12.9. The smallest absolute Gasteiger partial charge is 0.410 e. The van der Waals surface area contributed by atoms with Gasteiger partial charge >= 0.3 is 6.09 Å². The Bertz CT molecular complexity index is 649. The van der Waals surface area contributed by atoms with Crippen LogP contribution in [0.15, 0.2) is 30.3 Å². The van der Waals surface area contributed by atoms with Gasteiger partial charge in [-0.25, -0.2) is 4.79 Å². The molecule has 200 valence electrons. The van der Waals surface area contributed by atoms with Gasteiger partial charge < -0.3 is 24.4 Å². The van der Waals surface area contributed by atoms with Crippen molar-refractivity contribution in [1.82, 2.24) is 9.80 Å². The molecule has 2 rings (SSSR count). The molecule has 1 amide bonds. The summed E-state index contributed by atoms with van der Waals surface area (Å²) in [6.45, 7) is 9.40. The Hall–Kier alpha value is -1.63. The van der Waals surface area contributed by atoms with Gasteiger partial charge in [0.15, 0.2) is 0 Å². The van der Waals surface area contributed by atoms with Crippen molar-refractivity contribution in [1.29, 1.82) is 0 Å². The fourth-order valence-electron chi connectivity index (χ4n) is 4.89. The first-order chi connectivity index (χ1) is 17.2. The van der Waals surface area contributed by atoms with Gasteiger partial charge in [-0.05, 0) is 63.6 Å². The SMILES string of the molecule is CCCCCN(C(=O)OCc1ccccc1)[C@H]1CC[C@H](OCCCCCCN(CC)CCO)CC1. The van der Waals surface area contributed by atoms with Crippen molar-refractivity contribution in [2.45, 2.75) is 103 Å². The predicted octanol–water partition coefficient (Wildman–Crippen LogP) is 6.02. The summed E-state index contributed by atoms with van der Waals surface area (Å²) < 4.78 is 11.9. The van der Waals surface area contributed by atoms with Crippen LogP contribution in [-0.4, -0.2) is 72.5 Å². The zero-order valence-corrected chi connectivity index (χ0v) is 22.3. The highest BCUT2D eigenvalue weighted by Gasteiger charge is 2.29. The average Bonchev–Trinajstić information content (AvgIpc) is 2.89. The van der Waals surface area contributed by atoms with Crippen LogP contribution in [0.25, 0.3) is 0 Å².